The molecule has 0 radical (unpaired) electrons. The maximum atomic E-state index is 12.2. The van der Waals surface area contributed by atoms with E-state index in [1.165, 1.54) is 6.08 Å². The third kappa shape index (κ3) is 5.58. The van der Waals surface area contributed by atoms with Gasteiger partial charge in [0.2, 0.25) is 0 Å². The highest BCUT2D eigenvalue weighted by molar-refractivity contribution is 9.11. The van der Waals surface area contributed by atoms with Crippen molar-refractivity contribution in [3.05, 3.63) is 32.2 Å². The van der Waals surface area contributed by atoms with Gasteiger partial charge in [0, 0.05) is 6.04 Å². The number of carbonyl (C=O) groups is 2. The zero-order valence-electron chi connectivity index (χ0n) is 13.2. The van der Waals surface area contributed by atoms with Crippen LogP contribution in [0.25, 0.3) is 6.08 Å². The van der Waals surface area contributed by atoms with Gasteiger partial charge in [0.25, 0.3) is 5.91 Å². The van der Waals surface area contributed by atoms with E-state index < -0.39 is 12.6 Å². The first-order valence-electron chi connectivity index (χ1n) is 7.67. The molecule has 0 heterocycles. The van der Waals surface area contributed by atoms with Gasteiger partial charge in [-0.1, -0.05) is 12.8 Å². The maximum Gasteiger partial charge on any atom is 0.341 e. The van der Waals surface area contributed by atoms with E-state index in [0.717, 1.165) is 25.7 Å². The number of aliphatic carboxylic acids is 1. The molecule has 1 aliphatic rings. The minimum Gasteiger partial charge on any atom is -0.480 e. The van der Waals surface area contributed by atoms with Crippen LogP contribution in [0, 0.1) is 11.3 Å². The second-order valence-corrected chi connectivity index (χ2v) is 7.33. The fraction of sp³-hybridized carbons (Fsp3) is 0.353. The molecule has 1 aromatic rings. The SMILES string of the molecule is N#C/C(=C\c1cc(Br)c(OCC(=O)O)c(Br)c1)C(=O)NC1CCCC1. The fourth-order valence-corrected chi connectivity index (χ4v) is 4.03. The van der Waals surface area contributed by atoms with Crippen LogP contribution in [-0.4, -0.2) is 29.6 Å². The molecule has 132 valence electrons. The van der Waals surface area contributed by atoms with Crippen LogP contribution in [0.2, 0.25) is 0 Å². The molecule has 8 heteroatoms. The Morgan fingerprint density at radius 3 is 2.44 bits per heavy atom. The van der Waals surface area contributed by atoms with Gasteiger partial charge in [-0.3, -0.25) is 4.79 Å². The molecule has 0 aliphatic heterocycles. The van der Waals surface area contributed by atoms with Gasteiger partial charge >= 0.3 is 5.97 Å². The van der Waals surface area contributed by atoms with Gasteiger partial charge < -0.3 is 15.2 Å². The molecule has 0 unspecified atom stereocenters. The van der Waals surface area contributed by atoms with E-state index in [-0.39, 0.29) is 17.5 Å². The van der Waals surface area contributed by atoms with E-state index in [2.05, 4.69) is 37.2 Å². The molecule has 0 bridgehead atoms. The summed E-state index contributed by atoms with van der Waals surface area (Å²) in [6.07, 6.45) is 5.55. The van der Waals surface area contributed by atoms with Crippen LogP contribution in [0.5, 0.6) is 5.75 Å². The smallest absolute Gasteiger partial charge is 0.341 e. The first kappa shape index (κ1) is 19.5. The third-order valence-corrected chi connectivity index (χ3v) is 4.91. The summed E-state index contributed by atoms with van der Waals surface area (Å²) in [7, 11) is 0. The zero-order valence-corrected chi connectivity index (χ0v) is 16.4. The van der Waals surface area contributed by atoms with Crippen molar-refractivity contribution in [1.29, 1.82) is 5.26 Å². The second-order valence-electron chi connectivity index (χ2n) is 5.62. The van der Waals surface area contributed by atoms with Crippen LogP contribution in [0.3, 0.4) is 0 Å². The van der Waals surface area contributed by atoms with Crippen molar-refractivity contribution >= 4 is 49.8 Å². The Morgan fingerprint density at radius 2 is 1.92 bits per heavy atom. The van der Waals surface area contributed by atoms with Crippen molar-refractivity contribution < 1.29 is 19.4 Å². The summed E-state index contributed by atoms with van der Waals surface area (Å²) >= 11 is 6.61. The Bertz CT molecular complexity index is 727. The summed E-state index contributed by atoms with van der Waals surface area (Å²) in [6, 6.07) is 5.37. The van der Waals surface area contributed by atoms with Crippen LogP contribution in [0.1, 0.15) is 31.2 Å². The molecule has 0 saturated heterocycles. The third-order valence-electron chi connectivity index (χ3n) is 3.73. The number of carbonyl (C=O) groups excluding carboxylic acids is 1. The molecular formula is C17H16Br2N2O4. The maximum absolute atomic E-state index is 12.2. The van der Waals surface area contributed by atoms with Gasteiger partial charge in [-0.2, -0.15) is 5.26 Å². The van der Waals surface area contributed by atoms with E-state index in [1.807, 2.05) is 6.07 Å². The minimum absolute atomic E-state index is 0.0184. The number of hydrogen-bond donors (Lipinski definition) is 2. The molecule has 1 saturated carbocycles. The minimum atomic E-state index is -1.09. The number of nitriles is 1. The monoisotopic (exact) mass is 470 g/mol. The molecule has 0 aromatic heterocycles. The number of nitrogens with zero attached hydrogens (tertiary/aromatic N) is 1. The molecule has 1 fully saturated rings. The lowest BCUT2D eigenvalue weighted by Crippen LogP contribution is -2.33. The molecule has 1 amide bonds. The quantitative estimate of drug-likeness (QED) is 0.487. The summed E-state index contributed by atoms with van der Waals surface area (Å²) in [4.78, 5) is 22.9. The predicted molar refractivity (Wildman–Crippen MR) is 99.0 cm³/mol. The summed E-state index contributed by atoms with van der Waals surface area (Å²) in [5.74, 6) is -1.13. The highest BCUT2D eigenvalue weighted by atomic mass is 79.9. The highest BCUT2D eigenvalue weighted by Gasteiger charge is 2.19. The number of benzene rings is 1. The molecule has 1 aromatic carbocycles. The molecule has 6 nitrogen and oxygen atoms in total. The number of carboxylic acids is 1. The summed E-state index contributed by atoms with van der Waals surface area (Å²) < 4.78 is 6.23. The van der Waals surface area contributed by atoms with Crippen molar-refractivity contribution in [2.75, 3.05) is 6.61 Å². The number of ether oxygens (including phenoxy) is 1. The number of amides is 1. The van der Waals surface area contributed by atoms with Gasteiger partial charge in [0.15, 0.2) is 6.61 Å². The lowest BCUT2D eigenvalue weighted by Gasteiger charge is -2.12. The molecule has 25 heavy (non-hydrogen) atoms. The van der Waals surface area contributed by atoms with Crippen LogP contribution in [-0.2, 0) is 9.59 Å². The van der Waals surface area contributed by atoms with Gasteiger partial charge in [-0.25, -0.2) is 4.79 Å². The van der Waals surface area contributed by atoms with Crippen molar-refractivity contribution in [1.82, 2.24) is 5.32 Å². The standard InChI is InChI=1S/C17H16Br2N2O4/c18-13-6-10(7-14(19)16(13)25-9-15(22)23)5-11(8-20)17(24)21-12-3-1-2-4-12/h5-7,12H,1-4,9H2,(H,21,24)(H,22,23)/b11-5+. The number of hydrogen-bond acceptors (Lipinski definition) is 4. The van der Waals surface area contributed by atoms with E-state index in [1.54, 1.807) is 12.1 Å². The Balaban J connectivity index is 2.18. The Hall–Kier alpha value is -1.85. The van der Waals surface area contributed by atoms with Gasteiger partial charge in [0.05, 0.1) is 8.95 Å². The Morgan fingerprint density at radius 1 is 1.32 bits per heavy atom. The van der Waals surface area contributed by atoms with Crippen LogP contribution < -0.4 is 10.1 Å². The number of halogens is 2. The van der Waals surface area contributed by atoms with Crippen molar-refractivity contribution in [2.45, 2.75) is 31.7 Å². The van der Waals surface area contributed by atoms with Gasteiger partial charge in [0.1, 0.15) is 17.4 Å². The first-order chi connectivity index (χ1) is 11.9. The normalized spacial score (nSPS) is 14.8. The van der Waals surface area contributed by atoms with Crippen LogP contribution >= 0.6 is 31.9 Å². The Labute approximate surface area is 162 Å². The van der Waals surface area contributed by atoms with E-state index in [9.17, 15) is 14.9 Å². The van der Waals surface area contributed by atoms with Crippen LogP contribution in [0.4, 0.5) is 0 Å². The molecule has 0 spiro atoms. The van der Waals surface area contributed by atoms with E-state index in [4.69, 9.17) is 9.84 Å². The van der Waals surface area contributed by atoms with Crippen molar-refractivity contribution in [3.8, 4) is 11.8 Å². The van der Waals surface area contributed by atoms with E-state index in [0.29, 0.717) is 20.3 Å². The largest absolute Gasteiger partial charge is 0.480 e. The van der Waals surface area contributed by atoms with Crippen LogP contribution in [0.15, 0.2) is 26.7 Å². The molecule has 2 N–H and O–H groups in total. The van der Waals surface area contributed by atoms with E-state index >= 15 is 0 Å². The predicted octanol–water partition coefficient (Wildman–Crippen LogP) is 3.64. The second kappa shape index (κ2) is 9.02. The van der Waals surface area contributed by atoms with Gasteiger partial charge in [-0.15, -0.1) is 0 Å². The summed E-state index contributed by atoms with van der Waals surface area (Å²) in [6.45, 7) is -0.473. The summed E-state index contributed by atoms with van der Waals surface area (Å²) in [5.41, 5.74) is 0.629. The molecule has 2 rings (SSSR count). The fourth-order valence-electron chi connectivity index (χ4n) is 2.58. The Kier molecular flexibility index (Phi) is 7.02. The molecule has 1 aliphatic carbocycles. The topological polar surface area (TPSA) is 99.4 Å². The lowest BCUT2D eigenvalue weighted by molar-refractivity contribution is -0.139. The van der Waals surface area contributed by atoms with Crippen molar-refractivity contribution in [3.63, 3.8) is 0 Å². The molecular weight excluding hydrogens is 456 g/mol. The first-order valence-corrected chi connectivity index (χ1v) is 9.25. The highest BCUT2D eigenvalue weighted by Crippen LogP contribution is 2.35. The van der Waals surface area contributed by atoms with Crippen molar-refractivity contribution in [2.24, 2.45) is 0 Å². The zero-order chi connectivity index (χ0) is 18.4. The lowest BCUT2D eigenvalue weighted by atomic mass is 10.1. The number of carboxylic acid groups (broad SMARTS) is 1. The van der Waals surface area contributed by atoms with Gasteiger partial charge in [-0.05, 0) is 68.5 Å². The molecule has 0 atom stereocenters. The summed E-state index contributed by atoms with van der Waals surface area (Å²) in [5, 5.41) is 20.9. The average molecular weight is 472 g/mol. The average Bonchev–Trinajstić information content (AvgIpc) is 3.04. The number of rotatable bonds is 6. The number of nitrogens with one attached hydrogen (secondary N) is 1.